The monoisotopic (exact) mass is 534 g/mol. The van der Waals surface area contributed by atoms with Crippen LogP contribution in [0.25, 0.3) is 0 Å². The minimum absolute atomic E-state index is 0.0117. The van der Waals surface area contributed by atoms with Crippen LogP contribution in [-0.4, -0.2) is 75.1 Å². The van der Waals surface area contributed by atoms with E-state index in [0.717, 1.165) is 18.5 Å². The molecule has 1 aromatic rings. The quantitative estimate of drug-likeness (QED) is 0.225. The number of fused-ring (bicyclic) bond motifs is 2. The van der Waals surface area contributed by atoms with Crippen molar-refractivity contribution in [2.24, 2.45) is 5.92 Å². The summed E-state index contributed by atoms with van der Waals surface area (Å²) in [4.78, 5) is 42.3. The van der Waals surface area contributed by atoms with Crippen molar-refractivity contribution in [1.29, 1.82) is 0 Å². The number of amides is 2. The molecular formula is C27H39FN2O6Si. The molecule has 2 amide bonds. The Balaban J connectivity index is 1.62. The maximum atomic E-state index is 15.9. The second-order valence-corrected chi connectivity index (χ2v) is 14.8. The molecule has 0 aromatic heterocycles. The van der Waals surface area contributed by atoms with Gasteiger partial charge >= 0.3 is 5.97 Å². The second-order valence-electron chi connectivity index (χ2n) is 11.0. The molecule has 1 spiro atoms. The van der Waals surface area contributed by atoms with E-state index in [0.29, 0.717) is 31.5 Å². The van der Waals surface area contributed by atoms with Gasteiger partial charge in [-0.1, -0.05) is 25.1 Å². The van der Waals surface area contributed by atoms with E-state index in [1.54, 1.807) is 22.9 Å². The van der Waals surface area contributed by atoms with Gasteiger partial charge in [0.1, 0.15) is 0 Å². The van der Waals surface area contributed by atoms with Crippen molar-refractivity contribution < 1.29 is 33.1 Å². The molecule has 5 atom stereocenters. The van der Waals surface area contributed by atoms with Gasteiger partial charge in [-0.15, -0.1) is 0 Å². The largest absolute Gasteiger partial charge is 0.469 e. The van der Waals surface area contributed by atoms with Crippen LogP contribution in [0.3, 0.4) is 0 Å². The zero-order chi connectivity index (χ0) is 27.0. The number of methoxy groups -OCH3 is 1. The van der Waals surface area contributed by atoms with Gasteiger partial charge in [0, 0.05) is 36.5 Å². The van der Waals surface area contributed by atoms with Crippen LogP contribution in [-0.2, 0) is 29.5 Å². The summed E-state index contributed by atoms with van der Waals surface area (Å²) in [5.41, 5.74) is -0.455. The van der Waals surface area contributed by atoms with Crippen LogP contribution in [0, 0.1) is 5.92 Å². The summed E-state index contributed by atoms with van der Waals surface area (Å²) in [6.45, 7) is 6.00. The molecule has 3 aliphatic rings. The van der Waals surface area contributed by atoms with Crippen molar-refractivity contribution in [2.45, 2.75) is 81.8 Å². The highest BCUT2D eigenvalue weighted by Crippen LogP contribution is 2.60. The van der Waals surface area contributed by atoms with Crippen LogP contribution in [0.5, 0.6) is 0 Å². The Morgan fingerprint density at radius 1 is 1.27 bits per heavy atom. The van der Waals surface area contributed by atoms with Crippen LogP contribution in [0.15, 0.2) is 24.3 Å². The van der Waals surface area contributed by atoms with E-state index in [4.69, 9.17) is 9.47 Å². The lowest BCUT2D eigenvalue weighted by Gasteiger charge is -2.31. The molecule has 3 aliphatic heterocycles. The number of hydrogen-bond donors (Lipinski definition) is 1. The first-order chi connectivity index (χ1) is 17.6. The van der Waals surface area contributed by atoms with Gasteiger partial charge in [-0.3, -0.25) is 14.4 Å². The average molecular weight is 535 g/mol. The Hall–Kier alpha value is -2.30. The third-order valence-electron chi connectivity index (χ3n) is 8.39. The van der Waals surface area contributed by atoms with E-state index >= 15 is 4.11 Å². The maximum absolute atomic E-state index is 15.9. The van der Waals surface area contributed by atoms with E-state index in [2.05, 4.69) is 0 Å². The molecular weight excluding hydrogens is 495 g/mol. The highest BCUT2D eigenvalue weighted by Gasteiger charge is 2.66. The number of ether oxygens (including phenoxy) is 2. The standard InChI is InChI=1S/C27H39FN2O6Si/c1-18-25(37(3,4)28)22(16-23(32)29-15-9-10-19(29)17-31)36-27(18)20-11-5-6-12-21(20)30(26(27)34)14-8-7-13-24(33)35-2/h5-6,11-12,18-19,22,25,31H,7-10,13-17H2,1-4H3/t18-,19-,22+,25-,27+/m0/s1. The fourth-order valence-electron chi connectivity index (χ4n) is 6.71. The molecule has 0 saturated carbocycles. The maximum Gasteiger partial charge on any atom is 0.305 e. The molecule has 0 aliphatic carbocycles. The minimum atomic E-state index is -3.36. The molecule has 2 saturated heterocycles. The number of hydrogen-bond acceptors (Lipinski definition) is 6. The Morgan fingerprint density at radius 3 is 2.68 bits per heavy atom. The Kier molecular flexibility index (Phi) is 8.11. The molecule has 2 fully saturated rings. The fourth-order valence-corrected chi connectivity index (χ4v) is 9.20. The number of unbranched alkanes of at least 4 members (excludes halogenated alkanes) is 1. The van der Waals surface area contributed by atoms with Crippen molar-refractivity contribution in [3.8, 4) is 0 Å². The lowest BCUT2D eigenvalue weighted by Crippen LogP contribution is -2.45. The summed E-state index contributed by atoms with van der Waals surface area (Å²) < 4.78 is 27.2. The predicted octanol–water partition coefficient (Wildman–Crippen LogP) is 3.52. The lowest BCUT2D eigenvalue weighted by atomic mass is 9.82. The summed E-state index contributed by atoms with van der Waals surface area (Å²) in [6, 6.07) is 7.24. The molecule has 204 valence electrons. The molecule has 1 N–H and O–H groups in total. The molecule has 3 heterocycles. The summed E-state index contributed by atoms with van der Waals surface area (Å²) in [6.07, 6.45) is 2.29. The van der Waals surface area contributed by atoms with Crippen LogP contribution in [0.4, 0.5) is 9.80 Å². The second kappa shape index (κ2) is 10.8. The van der Waals surface area contributed by atoms with E-state index in [1.807, 2.05) is 31.2 Å². The molecule has 8 nitrogen and oxygen atoms in total. The number of carbonyl (C=O) groups is 3. The lowest BCUT2D eigenvalue weighted by molar-refractivity contribution is -0.150. The summed E-state index contributed by atoms with van der Waals surface area (Å²) in [5, 5.41) is 9.69. The summed E-state index contributed by atoms with van der Waals surface area (Å²) in [5.74, 6) is -1.14. The van der Waals surface area contributed by atoms with Crippen LogP contribution in [0.1, 0.15) is 51.0 Å². The van der Waals surface area contributed by atoms with Gasteiger partial charge in [0.15, 0.2) is 5.60 Å². The van der Waals surface area contributed by atoms with Gasteiger partial charge in [0.25, 0.3) is 5.91 Å². The molecule has 10 heteroatoms. The topological polar surface area (TPSA) is 96.4 Å². The third kappa shape index (κ3) is 4.95. The molecule has 0 unspecified atom stereocenters. The van der Waals surface area contributed by atoms with Gasteiger partial charge < -0.3 is 28.5 Å². The van der Waals surface area contributed by atoms with Crippen molar-refractivity contribution >= 4 is 31.9 Å². The first-order valence-electron chi connectivity index (χ1n) is 13.3. The number of rotatable bonds is 9. The van der Waals surface area contributed by atoms with Gasteiger partial charge in [0.05, 0.1) is 38.0 Å². The minimum Gasteiger partial charge on any atom is -0.469 e. The third-order valence-corrected chi connectivity index (χ3v) is 10.8. The first kappa shape index (κ1) is 27.7. The van der Waals surface area contributed by atoms with Crippen molar-refractivity contribution in [2.75, 3.05) is 31.7 Å². The smallest absolute Gasteiger partial charge is 0.305 e. The molecule has 1 aromatic carbocycles. The van der Waals surface area contributed by atoms with Crippen molar-refractivity contribution in [3.05, 3.63) is 29.8 Å². The molecule has 0 radical (unpaired) electrons. The number of carbonyl (C=O) groups excluding carboxylic acids is 3. The van der Waals surface area contributed by atoms with Crippen molar-refractivity contribution in [1.82, 2.24) is 4.90 Å². The SMILES string of the molecule is COC(=O)CCCCN1C(=O)[C@]2(O[C@H](CC(=O)N3CCC[C@H]3CO)[C@@H]([Si](C)(C)F)[C@@H]2C)c2ccccc21. The number of nitrogens with zero attached hydrogens (tertiary/aromatic N) is 2. The van der Waals surface area contributed by atoms with Gasteiger partial charge in [-0.2, -0.15) is 0 Å². The highest BCUT2D eigenvalue weighted by molar-refractivity contribution is 6.72. The van der Waals surface area contributed by atoms with Gasteiger partial charge in [-0.05, 0) is 44.8 Å². The number of halogens is 1. The van der Waals surface area contributed by atoms with E-state index in [-0.39, 0.29) is 43.3 Å². The number of esters is 1. The van der Waals surface area contributed by atoms with E-state index < -0.39 is 31.6 Å². The summed E-state index contributed by atoms with van der Waals surface area (Å²) in [7, 11) is -2.01. The number of aliphatic hydroxyl groups excluding tert-OH is 1. The molecule has 37 heavy (non-hydrogen) atoms. The zero-order valence-corrected chi connectivity index (χ0v) is 23.2. The molecule has 0 bridgehead atoms. The predicted molar refractivity (Wildman–Crippen MR) is 139 cm³/mol. The summed E-state index contributed by atoms with van der Waals surface area (Å²) >= 11 is 0. The Morgan fingerprint density at radius 2 is 2.00 bits per heavy atom. The Labute approximate surface area is 219 Å². The number of benzene rings is 1. The highest BCUT2D eigenvalue weighted by atomic mass is 28.4. The first-order valence-corrected chi connectivity index (χ1v) is 16.3. The van der Waals surface area contributed by atoms with Crippen LogP contribution >= 0.6 is 0 Å². The number of aliphatic hydroxyl groups is 1. The Bertz CT molecular complexity index is 1030. The van der Waals surface area contributed by atoms with Crippen LogP contribution in [0.2, 0.25) is 18.6 Å². The fraction of sp³-hybridized carbons (Fsp3) is 0.667. The number of anilines is 1. The van der Waals surface area contributed by atoms with Gasteiger partial charge in [0.2, 0.25) is 14.3 Å². The van der Waals surface area contributed by atoms with E-state index in [1.165, 1.54) is 7.11 Å². The van der Waals surface area contributed by atoms with Gasteiger partial charge in [-0.25, -0.2) is 0 Å². The zero-order valence-electron chi connectivity index (χ0n) is 22.2. The number of para-hydroxylation sites is 1. The normalized spacial score (nSPS) is 29.3. The van der Waals surface area contributed by atoms with Crippen LogP contribution < -0.4 is 4.90 Å². The molecule has 4 rings (SSSR count). The average Bonchev–Trinajstić information content (AvgIpc) is 3.51. The van der Waals surface area contributed by atoms with E-state index in [9.17, 15) is 19.5 Å². The van der Waals surface area contributed by atoms with Crippen molar-refractivity contribution in [3.63, 3.8) is 0 Å². The number of likely N-dealkylation sites (tertiary alicyclic amines) is 1.